The van der Waals surface area contributed by atoms with Crippen molar-refractivity contribution in [3.63, 3.8) is 0 Å². The summed E-state index contributed by atoms with van der Waals surface area (Å²) in [6.45, 7) is 0. The lowest BCUT2D eigenvalue weighted by molar-refractivity contribution is 1.31. The van der Waals surface area contributed by atoms with Gasteiger partial charge in [0.05, 0.1) is 36.7 Å². The van der Waals surface area contributed by atoms with E-state index >= 15 is 0 Å². The van der Waals surface area contributed by atoms with E-state index in [1.807, 2.05) is 6.07 Å². The molecular formula is C12H3Cl5N2. The van der Waals surface area contributed by atoms with Crippen LogP contribution in [0.1, 0.15) is 5.56 Å². The lowest BCUT2D eigenvalue weighted by Crippen LogP contribution is -1.91. The molecule has 0 bridgehead atoms. The van der Waals surface area contributed by atoms with Gasteiger partial charge < -0.3 is 0 Å². The summed E-state index contributed by atoms with van der Waals surface area (Å²) < 4.78 is 0. The van der Waals surface area contributed by atoms with Gasteiger partial charge in [-0.05, 0) is 6.07 Å². The van der Waals surface area contributed by atoms with E-state index in [0.29, 0.717) is 16.7 Å². The maximum absolute atomic E-state index is 9.10. The molecule has 2 aromatic rings. The molecule has 0 amide bonds. The van der Waals surface area contributed by atoms with E-state index in [1.165, 1.54) is 12.4 Å². The normalized spacial score (nSPS) is 10.3. The van der Waals surface area contributed by atoms with Gasteiger partial charge in [-0.15, -0.1) is 0 Å². The molecule has 0 spiro atoms. The highest BCUT2D eigenvalue weighted by Crippen LogP contribution is 2.48. The lowest BCUT2D eigenvalue weighted by Gasteiger charge is -2.13. The quantitative estimate of drug-likeness (QED) is 0.474. The van der Waals surface area contributed by atoms with E-state index in [1.54, 1.807) is 6.07 Å². The standard InChI is InChI=1S/C12H3Cl5N2/c13-8-7(6-4-19-2-1-5(6)3-18)9(14)11(16)12(17)10(8)15/h1-2,4H. The van der Waals surface area contributed by atoms with E-state index in [9.17, 15) is 0 Å². The van der Waals surface area contributed by atoms with E-state index in [-0.39, 0.29) is 25.1 Å². The SMILES string of the molecule is N#Cc1ccncc1-c1c(Cl)c(Cl)c(Cl)c(Cl)c1Cl. The van der Waals surface area contributed by atoms with Crippen LogP contribution in [0.3, 0.4) is 0 Å². The summed E-state index contributed by atoms with van der Waals surface area (Å²) in [5, 5.41) is 9.60. The molecule has 19 heavy (non-hydrogen) atoms. The van der Waals surface area contributed by atoms with Crippen LogP contribution >= 0.6 is 58.0 Å². The molecule has 1 aromatic heterocycles. The highest BCUT2D eigenvalue weighted by molar-refractivity contribution is 6.56. The van der Waals surface area contributed by atoms with Crippen LogP contribution in [0, 0.1) is 11.3 Å². The Labute approximate surface area is 134 Å². The number of benzene rings is 1. The lowest BCUT2D eigenvalue weighted by atomic mass is 10.0. The summed E-state index contributed by atoms with van der Waals surface area (Å²) >= 11 is 30.2. The van der Waals surface area contributed by atoms with Crippen molar-refractivity contribution in [3.05, 3.63) is 49.1 Å². The highest BCUT2D eigenvalue weighted by Gasteiger charge is 2.22. The van der Waals surface area contributed by atoms with Crippen molar-refractivity contribution in [2.75, 3.05) is 0 Å². The predicted octanol–water partition coefficient (Wildman–Crippen LogP) is 5.89. The van der Waals surface area contributed by atoms with Crippen molar-refractivity contribution < 1.29 is 0 Å². The summed E-state index contributed by atoms with van der Waals surface area (Å²) in [6.07, 6.45) is 2.95. The summed E-state index contributed by atoms with van der Waals surface area (Å²) in [5.74, 6) is 0. The van der Waals surface area contributed by atoms with Gasteiger partial charge in [0.25, 0.3) is 0 Å². The summed E-state index contributed by atoms with van der Waals surface area (Å²) in [7, 11) is 0. The molecule has 1 heterocycles. The number of aromatic nitrogens is 1. The molecule has 2 rings (SSSR count). The Morgan fingerprint density at radius 2 is 1.42 bits per heavy atom. The predicted molar refractivity (Wildman–Crippen MR) is 79.4 cm³/mol. The highest BCUT2D eigenvalue weighted by atomic mass is 35.5. The van der Waals surface area contributed by atoms with Crippen LogP contribution in [0.2, 0.25) is 25.1 Å². The molecule has 2 nitrogen and oxygen atoms in total. The number of hydrogen-bond acceptors (Lipinski definition) is 2. The second-order valence-corrected chi connectivity index (χ2v) is 5.37. The first-order chi connectivity index (χ1) is 8.99. The molecule has 96 valence electrons. The molecule has 0 saturated carbocycles. The molecule has 0 radical (unpaired) electrons. The van der Waals surface area contributed by atoms with Crippen LogP contribution in [-0.2, 0) is 0 Å². The average Bonchev–Trinajstić information content (AvgIpc) is 2.44. The third-order valence-corrected chi connectivity index (χ3v) is 4.70. The second-order valence-electron chi connectivity index (χ2n) is 3.48. The number of pyridine rings is 1. The Balaban J connectivity index is 2.88. The molecule has 7 heteroatoms. The van der Waals surface area contributed by atoms with Crippen LogP contribution in [0.25, 0.3) is 11.1 Å². The molecular weight excluding hydrogens is 349 g/mol. The van der Waals surface area contributed by atoms with Gasteiger partial charge >= 0.3 is 0 Å². The first kappa shape index (κ1) is 14.7. The van der Waals surface area contributed by atoms with Gasteiger partial charge in [-0.2, -0.15) is 5.26 Å². The second kappa shape index (κ2) is 5.75. The Kier molecular flexibility index (Phi) is 4.45. The van der Waals surface area contributed by atoms with Crippen LogP contribution in [0.5, 0.6) is 0 Å². The number of halogens is 5. The zero-order valence-electron chi connectivity index (χ0n) is 9.02. The average molecular weight is 352 g/mol. The number of hydrogen-bond donors (Lipinski definition) is 0. The summed E-state index contributed by atoms with van der Waals surface area (Å²) in [5.41, 5.74) is 1.14. The fourth-order valence-corrected chi connectivity index (χ4v) is 2.87. The minimum atomic E-state index is 0.0736. The van der Waals surface area contributed by atoms with E-state index in [4.69, 9.17) is 63.3 Å². The first-order valence-electron chi connectivity index (χ1n) is 4.85. The largest absolute Gasteiger partial charge is 0.264 e. The maximum atomic E-state index is 9.10. The van der Waals surface area contributed by atoms with Gasteiger partial charge in [0.15, 0.2) is 0 Å². The molecule has 0 aliphatic rings. The molecule has 0 unspecified atom stereocenters. The van der Waals surface area contributed by atoms with Crippen molar-refractivity contribution in [2.24, 2.45) is 0 Å². The van der Waals surface area contributed by atoms with E-state index < -0.39 is 0 Å². The summed E-state index contributed by atoms with van der Waals surface area (Å²) in [6, 6.07) is 3.57. The third kappa shape index (κ3) is 2.50. The van der Waals surface area contributed by atoms with Gasteiger partial charge in [0.2, 0.25) is 0 Å². The van der Waals surface area contributed by atoms with Gasteiger partial charge in [-0.3, -0.25) is 4.98 Å². The molecule has 0 N–H and O–H groups in total. The topological polar surface area (TPSA) is 36.7 Å². The van der Waals surface area contributed by atoms with E-state index in [0.717, 1.165) is 0 Å². The monoisotopic (exact) mass is 350 g/mol. The van der Waals surface area contributed by atoms with Gasteiger partial charge in [-0.1, -0.05) is 58.0 Å². The minimum absolute atomic E-state index is 0.0736. The first-order valence-corrected chi connectivity index (χ1v) is 6.74. The molecule has 1 aromatic carbocycles. The van der Waals surface area contributed by atoms with Crippen LogP contribution in [0.15, 0.2) is 18.5 Å². The molecule has 0 aliphatic heterocycles. The maximum Gasteiger partial charge on any atom is 0.0999 e. The number of nitriles is 1. The third-order valence-electron chi connectivity index (χ3n) is 2.42. The van der Waals surface area contributed by atoms with Crippen molar-refractivity contribution in [2.45, 2.75) is 0 Å². The Morgan fingerprint density at radius 1 is 0.895 bits per heavy atom. The van der Waals surface area contributed by atoms with Gasteiger partial charge in [0, 0.05) is 23.5 Å². The smallest absolute Gasteiger partial charge is 0.0999 e. The molecule has 0 saturated heterocycles. The fraction of sp³-hybridized carbons (Fsp3) is 0. The van der Waals surface area contributed by atoms with Crippen LogP contribution in [-0.4, -0.2) is 4.98 Å². The van der Waals surface area contributed by atoms with Gasteiger partial charge in [0.1, 0.15) is 0 Å². The molecule has 0 fully saturated rings. The number of rotatable bonds is 1. The van der Waals surface area contributed by atoms with Crippen molar-refractivity contribution in [1.29, 1.82) is 5.26 Å². The summed E-state index contributed by atoms with van der Waals surface area (Å²) in [4.78, 5) is 3.95. The zero-order valence-corrected chi connectivity index (χ0v) is 12.8. The van der Waals surface area contributed by atoms with Crippen molar-refractivity contribution >= 4 is 58.0 Å². The van der Waals surface area contributed by atoms with Crippen molar-refractivity contribution in [1.82, 2.24) is 4.98 Å². The van der Waals surface area contributed by atoms with Crippen LogP contribution < -0.4 is 0 Å². The number of nitrogens with zero attached hydrogens (tertiary/aromatic N) is 2. The van der Waals surface area contributed by atoms with Gasteiger partial charge in [-0.25, -0.2) is 0 Å². The Morgan fingerprint density at radius 3 is 1.95 bits per heavy atom. The molecule has 0 atom stereocenters. The van der Waals surface area contributed by atoms with Crippen molar-refractivity contribution in [3.8, 4) is 17.2 Å². The zero-order chi connectivity index (χ0) is 14.2. The Hall–Kier alpha value is -0.690. The minimum Gasteiger partial charge on any atom is -0.264 e. The van der Waals surface area contributed by atoms with E-state index in [2.05, 4.69) is 4.98 Å². The molecule has 0 aliphatic carbocycles. The van der Waals surface area contributed by atoms with Crippen LogP contribution in [0.4, 0.5) is 0 Å². The Bertz CT molecular complexity index is 677. The fourth-order valence-electron chi connectivity index (χ4n) is 1.53.